The number of alkyl carbamates (subject to hydrolysis) is 1. The van der Waals surface area contributed by atoms with Gasteiger partial charge < -0.3 is 14.0 Å². The maximum Gasteiger partial charge on any atom is 0.464 e. The lowest BCUT2D eigenvalue weighted by Crippen LogP contribution is -2.41. The second-order valence-corrected chi connectivity index (χ2v) is 5.48. The molecule has 0 radical (unpaired) electrons. The highest BCUT2D eigenvalue weighted by Gasteiger charge is 2.52. The van der Waals surface area contributed by atoms with Crippen LogP contribution in [0, 0.1) is 0 Å². The van der Waals surface area contributed by atoms with Crippen molar-refractivity contribution in [1.29, 1.82) is 0 Å². The Kier molecular flexibility index (Phi) is 4.45. The zero-order valence-electron chi connectivity index (χ0n) is 11.9. The summed E-state index contributed by atoms with van der Waals surface area (Å²) in [6.07, 6.45) is 2.87. The van der Waals surface area contributed by atoms with Gasteiger partial charge in [-0.05, 0) is 27.7 Å². The molecule has 1 fully saturated rings. The number of rotatable bonds is 3. The summed E-state index contributed by atoms with van der Waals surface area (Å²) in [5, 5.41) is 2.48. The second-order valence-electron chi connectivity index (χ2n) is 5.48. The number of hydrogen-bond acceptors (Lipinski definition) is 4. The molecule has 0 aromatic rings. The Balaban J connectivity index is 2.55. The lowest BCUT2D eigenvalue weighted by molar-refractivity contribution is 0.00578. The highest BCUT2D eigenvalue weighted by molar-refractivity contribution is 6.48. The predicted molar refractivity (Wildman–Crippen MR) is 70.2 cm³/mol. The minimum atomic E-state index is -0.493. The van der Waals surface area contributed by atoms with Crippen molar-refractivity contribution in [3.63, 3.8) is 0 Å². The molecule has 1 aliphatic heterocycles. The molecule has 5 nitrogen and oxygen atoms in total. The van der Waals surface area contributed by atoms with Crippen molar-refractivity contribution in [3.8, 4) is 0 Å². The average Bonchev–Trinajstić information content (AvgIpc) is 2.48. The predicted octanol–water partition coefficient (Wildman–Crippen LogP) is 2.34. The molecule has 102 valence electrons. The number of amides is 1. The van der Waals surface area contributed by atoms with E-state index in [9.17, 15) is 4.79 Å². The van der Waals surface area contributed by atoms with Crippen molar-refractivity contribution in [1.82, 2.24) is 5.32 Å². The van der Waals surface area contributed by atoms with Crippen LogP contribution < -0.4 is 5.32 Å². The second kappa shape index (κ2) is 5.32. The van der Waals surface area contributed by atoms with Gasteiger partial charge in [0, 0.05) is 12.0 Å². The molecule has 6 heteroatoms. The van der Waals surface area contributed by atoms with Crippen molar-refractivity contribution in [2.24, 2.45) is 0 Å². The number of methoxy groups -OCH3 is 1. The summed E-state index contributed by atoms with van der Waals surface area (Å²) in [5.41, 5.74) is -0.676. The first kappa shape index (κ1) is 15.1. The molecule has 1 amide bonds. The lowest BCUT2D eigenvalue weighted by atomic mass is 9.73. The number of nitrogens with one attached hydrogen (secondary N) is 1. The molecule has 1 aliphatic rings. The number of allylic oxidation sites excluding steroid dienone is 1. The molecule has 0 aliphatic carbocycles. The third kappa shape index (κ3) is 3.26. The van der Waals surface area contributed by atoms with Crippen molar-refractivity contribution >= 4 is 13.2 Å². The Labute approximate surface area is 109 Å². The van der Waals surface area contributed by atoms with Gasteiger partial charge in [-0.2, -0.15) is 0 Å². The summed E-state index contributed by atoms with van der Waals surface area (Å²) in [5.74, 6) is 0.0307. The Bertz CT molecular complexity index is 325. The third-order valence-corrected chi connectivity index (χ3v) is 3.49. The van der Waals surface area contributed by atoms with E-state index in [2.05, 4.69) is 10.1 Å². The van der Waals surface area contributed by atoms with Gasteiger partial charge in [-0.3, -0.25) is 5.32 Å². The minimum Gasteiger partial charge on any atom is -0.453 e. The summed E-state index contributed by atoms with van der Waals surface area (Å²) < 4.78 is 16.2. The van der Waals surface area contributed by atoms with E-state index in [1.54, 1.807) is 6.20 Å². The largest absolute Gasteiger partial charge is 0.464 e. The van der Waals surface area contributed by atoms with Gasteiger partial charge in [0.15, 0.2) is 0 Å². The van der Waals surface area contributed by atoms with E-state index in [0.29, 0.717) is 0 Å². The number of carbonyl (C=O) groups excluding carboxylic acids is 1. The summed E-state index contributed by atoms with van der Waals surface area (Å²) >= 11 is 0. The number of hydrogen-bond donors (Lipinski definition) is 1. The van der Waals surface area contributed by atoms with E-state index in [1.807, 2.05) is 40.7 Å². The first-order chi connectivity index (χ1) is 8.19. The number of ether oxygens (including phenoxy) is 1. The Morgan fingerprint density at radius 2 is 1.78 bits per heavy atom. The molecule has 0 saturated carbocycles. The van der Waals surface area contributed by atoms with Crippen LogP contribution in [0.2, 0.25) is 5.82 Å². The highest BCUT2D eigenvalue weighted by Crippen LogP contribution is 2.39. The van der Waals surface area contributed by atoms with Crippen LogP contribution in [0.1, 0.15) is 34.6 Å². The van der Waals surface area contributed by atoms with Crippen LogP contribution in [0.4, 0.5) is 4.79 Å². The molecule has 1 rings (SSSR count). The molecule has 0 spiro atoms. The van der Waals surface area contributed by atoms with Crippen molar-refractivity contribution in [3.05, 3.63) is 12.3 Å². The molecule has 0 bridgehead atoms. The Hall–Kier alpha value is -1.01. The summed E-state index contributed by atoms with van der Waals surface area (Å²) in [6.45, 7) is 10.0. The van der Waals surface area contributed by atoms with Crippen LogP contribution in [-0.2, 0) is 14.0 Å². The maximum absolute atomic E-state index is 10.9. The van der Waals surface area contributed by atoms with Crippen molar-refractivity contribution in [2.75, 3.05) is 7.11 Å². The van der Waals surface area contributed by atoms with Gasteiger partial charge in [0.1, 0.15) is 0 Å². The molecule has 1 heterocycles. The molecule has 18 heavy (non-hydrogen) atoms. The van der Waals surface area contributed by atoms with Crippen LogP contribution in [0.15, 0.2) is 12.3 Å². The molecule has 0 aromatic carbocycles. The lowest BCUT2D eigenvalue weighted by Gasteiger charge is -2.32. The quantitative estimate of drug-likeness (QED) is 0.786. The number of carbonyl (C=O) groups is 1. The standard InChI is InChI=1S/C12H22BNO4/c1-9(7-8-14-10(15)16-6)13-17-11(2,3)12(4,5)18-13/h7-9H,1-6H3,(H,14,15)/b8-7+. The fourth-order valence-electron chi connectivity index (χ4n) is 1.52. The first-order valence-electron chi connectivity index (χ1n) is 6.06. The highest BCUT2D eigenvalue weighted by atomic mass is 16.7. The molecular formula is C12H22BNO4. The zero-order valence-corrected chi connectivity index (χ0v) is 11.9. The molecule has 0 aromatic heterocycles. The monoisotopic (exact) mass is 255 g/mol. The normalized spacial score (nSPS) is 23.1. The van der Waals surface area contributed by atoms with E-state index >= 15 is 0 Å². The SMILES string of the molecule is COC(=O)N/C=C/C(C)B1OC(C)(C)C(C)(C)O1. The Morgan fingerprint density at radius 3 is 2.22 bits per heavy atom. The summed E-state index contributed by atoms with van der Waals surface area (Å²) in [6, 6.07) is 0. The molecule has 1 N–H and O–H groups in total. The van der Waals surface area contributed by atoms with Gasteiger partial charge in [0.2, 0.25) is 0 Å². The topological polar surface area (TPSA) is 56.8 Å². The smallest absolute Gasteiger partial charge is 0.453 e. The molecule has 1 unspecified atom stereocenters. The Morgan fingerprint density at radius 1 is 1.28 bits per heavy atom. The van der Waals surface area contributed by atoms with Gasteiger partial charge >= 0.3 is 13.2 Å². The minimum absolute atomic E-state index is 0.0307. The van der Waals surface area contributed by atoms with Gasteiger partial charge in [-0.15, -0.1) is 0 Å². The van der Waals surface area contributed by atoms with E-state index in [0.717, 1.165) is 0 Å². The van der Waals surface area contributed by atoms with Crippen LogP contribution in [0.3, 0.4) is 0 Å². The van der Waals surface area contributed by atoms with E-state index in [1.165, 1.54) is 7.11 Å². The van der Waals surface area contributed by atoms with Gasteiger partial charge in [0.25, 0.3) is 0 Å². The first-order valence-corrected chi connectivity index (χ1v) is 6.06. The van der Waals surface area contributed by atoms with Crippen LogP contribution in [0.5, 0.6) is 0 Å². The summed E-state index contributed by atoms with van der Waals surface area (Å²) in [7, 11) is 1.01. The van der Waals surface area contributed by atoms with E-state index in [-0.39, 0.29) is 24.1 Å². The summed E-state index contributed by atoms with van der Waals surface area (Å²) in [4.78, 5) is 10.9. The third-order valence-electron chi connectivity index (χ3n) is 3.49. The fraction of sp³-hybridized carbons (Fsp3) is 0.750. The fourth-order valence-corrected chi connectivity index (χ4v) is 1.52. The molecule has 1 saturated heterocycles. The maximum atomic E-state index is 10.9. The van der Waals surface area contributed by atoms with Crippen molar-refractivity contribution in [2.45, 2.75) is 51.6 Å². The van der Waals surface area contributed by atoms with E-state index in [4.69, 9.17) is 9.31 Å². The van der Waals surface area contributed by atoms with Crippen LogP contribution in [0.25, 0.3) is 0 Å². The van der Waals surface area contributed by atoms with Crippen LogP contribution >= 0.6 is 0 Å². The van der Waals surface area contributed by atoms with E-state index < -0.39 is 6.09 Å². The molecule has 1 atom stereocenters. The van der Waals surface area contributed by atoms with Gasteiger partial charge in [-0.25, -0.2) is 4.79 Å². The van der Waals surface area contributed by atoms with Gasteiger partial charge in [-0.1, -0.05) is 13.0 Å². The zero-order chi connectivity index (χ0) is 14.0. The van der Waals surface area contributed by atoms with Crippen molar-refractivity contribution < 1.29 is 18.8 Å². The van der Waals surface area contributed by atoms with Crippen LogP contribution in [-0.4, -0.2) is 31.5 Å². The average molecular weight is 255 g/mol. The molecular weight excluding hydrogens is 233 g/mol. The van der Waals surface area contributed by atoms with Gasteiger partial charge in [0.05, 0.1) is 18.3 Å².